The number of aromatic nitrogens is 2. The second kappa shape index (κ2) is 10.1. The molecule has 0 spiro atoms. The summed E-state index contributed by atoms with van der Waals surface area (Å²) in [5.74, 6) is 1.47. The number of ketones is 1. The van der Waals surface area contributed by atoms with Crippen molar-refractivity contribution in [1.29, 1.82) is 0 Å². The summed E-state index contributed by atoms with van der Waals surface area (Å²) in [6.45, 7) is 0.354. The van der Waals surface area contributed by atoms with Crippen molar-refractivity contribution in [2.75, 3.05) is 7.11 Å². The SMILES string of the molecule is COc1ccc(/C=C/C(=O)c2ccc(-n3ccnc3)cc2)cc1COc1ccc2ccccc2c1. The van der Waals surface area contributed by atoms with Crippen molar-refractivity contribution in [3.63, 3.8) is 0 Å². The second-order valence-electron chi connectivity index (χ2n) is 8.08. The van der Waals surface area contributed by atoms with Crippen molar-refractivity contribution < 1.29 is 14.3 Å². The van der Waals surface area contributed by atoms with Gasteiger partial charge in [0.25, 0.3) is 0 Å². The number of hydrogen-bond acceptors (Lipinski definition) is 4. The molecule has 4 aromatic carbocycles. The molecule has 0 bridgehead atoms. The Bertz CT molecular complexity index is 1490. The molecule has 0 aliphatic carbocycles. The number of methoxy groups -OCH3 is 1. The van der Waals surface area contributed by atoms with Crippen LogP contribution in [0.5, 0.6) is 11.5 Å². The van der Waals surface area contributed by atoms with E-state index >= 15 is 0 Å². The van der Waals surface area contributed by atoms with Gasteiger partial charge in [-0.2, -0.15) is 0 Å². The molecule has 0 aliphatic rings. The Morgan fingerprint density at radius 2 is 1.77 bits per heavy atom. The first-order valence-electron chi connectivity index (χ1n) is 11.3. The van der Waals surface area contributed by atoms with Crippen LogP contribution in [0.4, 0.5) is 0 Å². The highest BCUT2D eigenvalue weighted by molar-refractivity contribution is 6.06. The Hall–Kier alpha value is -4.64. The van der Waals surface area contributed by atoms with Crippen LogP contribution >= 0.6 is 0 Å². The third kappa shape index (κ3) is 5.14. The van der Waals surface area contributed by atoms with E-state index in [-0.39, 0.29) is 5.78 Å². The van der Waals surface area contributed by atoms with Crippen LogP contribution in [0.3, 0.4) is 0 Å². The smallest absolute Gasteiger partial charge is 0.185 e. The van der Waals surface area contributed by atoms with Gasteiger partial charge in [0.1, 0.15) is 18.1 Å². The van der Waals surface area contributed by atoms with E-state index < -0.39 is 0 Å². The number of hydrogen-bond donors (Lipinski definition) is 0. The van der Waals surface area contributed by atoms with E-state index in [9.17, 15) is 4.79 Å². The van der Waals surface area contributed by atoms with Gasteiger partial charge in [0.2, 0.25) is 0 Å². The molecule has 0 N–H and O–H groups in total. The highest BCUT2D eigenvalue weighted by Crippen LogP contribution is 2.25. The largest absolute Gasteiger partial charge is 0.496 e. The highest BCUT2D eigenvalue weighted by atomic mass is 16.5. The lowest BCUT2D eigenvalue weighted by Gasteiger charge is -2.12. The van der Waals surface area contributed by atoms with Crippen LogP contribution in [0.15, 0.2) is 110 Å². The Labute approximate surface area is 203 Å². The summed E-state index contributed by atoms with van der Waals surface area (Å²) in [5.41, 5.74) is 3.37. The first kappa shape index (κ1) is 22.2. The molecule has 0 radical (unpaired) electrons. The van der Waals surface area contributed by atoms with E-state index in [2.05, 4.69) is 23.2 Å². The fourth-order valence-electron chi connectivity index (χ4n) is 3.91. The second-order valence-corrected chi connectivity index (χ2v) is 8.08. The number of ether oxygens (including phenoxy) is 2. The monoisotopic (exact) mass is 460 g/mol. The van der Waals surface area contributed by atoms with Gasteiger partial charge >= 0.3 is 0 Å². The molecule has 35 heavy (non-hydrogen) atoms. The van der Waals surface area contributed by atoms with E-state index in [0.29, 0.717) is 12.2 Å². The molecular weight excluding hydrogens is 436 g/mol. The van der Waals surface area contributed by atoms with Gasteiger partial charge in [0.15, 0.2) is 5.78 Å². The van der Waals surface area contributed by atoms with Gasteiger partial charge in [-0.05, 0) is 70.9 Å². The number of imidazole rings is 1. The van der Waals surface area contributed by atoms with Gasteiger partial charge in [0.05, 0.1) is 13.4 Å². The molecule has 0 atom stereocenters. The molecule has 0 amide bonds. The number of nitrogens with zero attached hydrogens (tertiary/aromatic N) is 2. The maximum absolute atomic E-state index is 12.7. The van der Waals surface area contributed by atoms with Crippen molar-refractivity contribution in [3.05, 3.63) is 126 Å². The molecule has 0 saturated carbocycles. The molecule has 5 nitrogen and oxygen atoms in total. The molecule has 172 valence electrons. The predicted molar refractivity (Wildman–Crippen MR) is 138 cm³/mol. The normalized spacial score (nSPS) is 11.1. The van der Waals surface area contributed by atoms with Crippen LogP contribution in [0.25, 0.3) is 22.5 Å². The molecule has 1 aromatic heterocycles. The minimum atomic E-state index is -0.0630. The fourth-order valence-corrected chi connectivity index (χ4v) is 3.91. The highest BCUT2D eigenvalue weighted by Gasteiger charge is 2.07. The van der Waals surface area contributed by atoms with Crippen LogP contribution < -0.4 is 9.47 Å². The lowest BCUT2D eigenvalue weighted by Crippen LogP contribution is -1.99. The molecule has 5 aromatic rings. The summed E-state index contributed by atoms with van der Waals surface area (Å²) in [7, 11) is 1.64. The number of rotatable bonds is 8. The number of allylic oxidation sites excluding steroid dienone is 1. The number of carbonyl (C=O) groups is 1. The Morgan fingerprint density at radius 1 is 0.943 bits per heavy atom. The lowest BCUT2D eigenvalue weighted by molar-refractivity contribution is 0.104. The summed E-state index contributed by atoms with van der Waals surface area (Å²) >= 11 is 0. The first-order valence-corrected chi connectivity index (χ1v) is 11.3. The average molecular weight is 461 g/mol. The van der Waals surface area contributed by atoms with Crippen molar-refractivity contribution in [3.8, 4) is 17.2 Å². The van der Waals surface area contributed by atoms with Gasteiger partial charge in [-0.15, -0.1) is 0 Å². The predicted octanol–water partition coefficient (Wildman–Crippen LogP) is 6.51. The third-order valence-electron chi connectivity index (χ3n) is 5.80. The molecule has 5 heteroatoms. The van der Waals surface area contributed by atoms with Crippen molar-refractivity contribution >= 4 is 22.6 Å². The zero-order chi connectivity index (χ0) is 24.0. The van der Waals surface area contributed by atoms with E-state index in [0.717, 1.165) is 33.7 Å². The van der Waals surface area contributed by atoms with Crippen molar-refractivity contribution in [1.82, 2.24) is 9.55 Å². The summed E-state index contributed by atoms with van der Waals surface area (Å²) < 4.78 is 13.5. The van der Waals surface area contributed by atoms with Gasteiger partial charge in [0, 0.05) is 29.2 Å². The van der Waals surface area contributed by atoms with E-state index in [1.54, 1.807) is 25.7 Å². The number of fused-ring (bicyclic) bond motifs is 1. The van der Waals surface area contributed by atoms with Gasteiger partial charge in [-0.25, -0.2) is 4.98 Å². The summed E-state index contributed by atoms with van der Waals surface area (Å²) in [5, 5.41) is 2.30. The average Bonchev–Trinajstić information content (AvgIpc) is 3.46. The molecular formula is C30H24N2O3. The summed E-state index contributed by atoms with van der Waals surface area (Å²) in [6, 6.07) is 27.5. The van der Waals surface area contributed by atoms with Crippen molar-refractivity contribution in [2.24, 2.45) is 0 Å². The molecule has 1 heterocycles. The first-order chi connectivity index (χ1) is 17.2. The molecule has 0 fully saturated rings. The Balaban J connectivity index is 1.29. The maximum Gasteiger partial charge on any atom is 0.185 e. The van der Waals surface area contributed by atoms with Gasteiger partial charge in [-0.3, -0.25) is 4.79 Å². The van der Waals surface area contributed by atoms with Crippen LogP contribution in [0.1, 0.15) is 21.5 Å². The zero-order valence-corrected chi connectivity index (χ0v) is 19.3. The standard InChI is InChI=1S/C30H24N2O3/c1-34-30-15-7-22(6-14-29(33)24-8-11-27(12-9-24)32-17-16-31-21-32)18-26(30)20-35-28-13-10-23-4-2-3-5-25(23)19-28/h2-19,21H,20H2,1H3/b14-6+. The number of carbonyl (C=O) groups excluding carboxylic acids is 1. The van der Waals surface area contributed by atoms with Crippen molar-refractivity contribution in [2.45, 2.75) is 6.61 Å². The van der Waals surface area contributed by atoms with Crippen LogP contribution in [-0.2, 0) is 6.61 Å². The lowest BCUT2D eigenvalue weighted by atomic mass is 10.1. The van der Waals surface area contributed by atoms with E-state index in [1.165, 1.54) is 5.39 Å². The maximum atomic E-state index is 12.7. The Kier molecular flexibility index (Phi) is 6.39. The zero-order valence-electron chi connectivity index (χ0n) is 19.3. The van der Waals surface area contributed by atoms with Gasteiger partial charge < -0.3 is 14.0 Å². The minimum Gasteiger partial charge on any atom is -0.496 e. The number of benzene rings is 4. The van der Waals surface area contributed by atoms with Crippen LogP contribution in [0.2, 0.25) is 0 Å². The molecule has 0 saturated heterocycles. The topological polar surface area (TPSA) is 53.4 Å². The van der Waals surface area contributed by atoms with Gasteiger partial charge in [-0.1, -0.05) is 42.5 Å². The quantitative estimate of drug-likeness (QED) is 0.196. The van der Waals surface area contributed by atoms with E-state index in [1.807, 2.05) is 83.6 Å². The molecule has 5 rings (SSSR count). The molecule has 0 unspecified atom stereocenters. The Morgan fingerprint density at radius 3 is 2.54 bits per heavy atom. The van der Waals surface area contributed by atoms with Crippen LogP contribution in [-0.4, -0.2) is 22.4 Å². The summed E-state index contributed by atoms with van der Waals surface area (Å²) in [4.78, 5) is 16.7. The van der Waals surface area contributed by atoms with Crippen LogP contribution in [0, 0.1) is 0 Å². The third-order valence-corrected chi connectivity index (χ3v) is 5.80. The molecule has 0 aliphatic heterocycles. The van der Waals surface area contributed by atoms with E-state index in [4.69, 9.17) is 9.47 Å². The summed E-state index contributed by atoms with van der Waals surface area (Å²) in [6.07, 6.45) is 8.70. The fraction of sp³-hybridized carbons (Fsp3) is 0.0667. The minimum absolute atomic E-state index is 0.0630.